The van der Waals surface area contributed by atoms with E-state index in [0.29, 0.717) is 11.5 Å². The molecule has 0 bridgehead atoms. The molecular weight excluding hydrogens is 911 g/mol. The first-order valence-corrected chi connectivity index (χ1v) is 20.4. The zero-order valence-corrected chi connectivity index (χ0v) is 40.4. The van der Waals surface area contributed by atoms with Crippen LogP contribution in [-0.2, 0) is 6.42 Å². The Morgan fingerprint density at radius 3 is 2.09 bits per heavy atom. The van der Waals surface area contributed by atoms with Gasteiger partial charge in [0, 0.05) is 22.7 Å². The van der Waals surface area contributed by atoms with Gasteiger partial charge in [0.25, 0.3) is 0 Å². The molecule has 0 fully saturated rings. The van der Waals surface area contributed by atoms with Crippen LogP contribution >= 0.6 is 11.3 Å². The van der Waals surface area contributed by atoms with E-state index in [1.54, 1.807) is 35.6 Å². The minimum absolute atomic E-state index is 0. The zero-order chi connectivity index (χ0) is 40.4. The number of aromatic nitrogens is 2. The molecule has 1 aliphatic carbocycles. The number of carboxylic acids is 1. The van der Waals surface area contributed by atoms with Gasteiger partial charge in [-0.15, -0.1) is 17.4 Å². The maximum absolute atomic E-state index is 10.8. The van der Waals surface area contributed by atoms with Gasteiger partial charge in [0.2, 0.25) is 0 Å². The molecular formula is C46H70N4O2SU. The van der Waals surface area contributed by atoms with Crippen LogP contribution in [0.3, 0.4) is 0 Å². The number of hydrogen-bond acceptors (Lipinski definition) is 6. The maximum Gasteiger partial charge on any atom is 2.00 e. The molecule has 2 heterocycles. The Hall–Kier alpha value is -2.97. The molecule has 2 unspecified atom stereocenters. The summed E-state index contributed by atoms with van der Waals surface area (Å²) in [6.07, 6.45) is 22.0. The molecule has 1 aliphatic rings. The van der Waals surface area contributed by atoms with Crippen LogP contribution in [0.1, 0.15) is 153 Å². The summed E-state index contributed by atoms with van der Waals surface area (Å²) in [5.41, 5.74) is 8.37. The van der Waals surface area contributed by atoms with Crippen molar-refractivity contribution in [1.82, 2.24) is 9.97 Å². The van der Waals surface area contributed by atoms with E-state index >= 15 is 0 Å². The van der Waals surface area contributed by atoms with Crippen molar-refractivity contribution in [2.24, 2.45) is 16.8 Å². The second-order valence-electron chi connectivity index (χ2n) is 13.3. The van der Waals surface area contributed by atoms with Crippen molar-refractivity contribution in [1.29, 1.82) is 5.26 Å². The van der Waals surface area contributed by atoms with Crippen LogP contribution in [0.25, 0.3) is 0 Å². The molecule has 0 spiro atoms. The van der Waals surface area contributed by atoms with E-state index in [1.165, 1.54) is 61.8 Å². The van der Waals surface area contributed by atoms with Crippen LogP contribution < -0.4 is 0 Å². The summed E-state index contributed by atoms with van der Waals surface area (Å²) in [6, 6.07) is 12.9. The van der Waals surface area contributed by atoms with Gasteiger partial charge >= 0.3 is 37.1 Å². The molecule has 4 rings (SSSR count). The molecule has 0 amide bonds. The molecule has 54 heavy (non-hydrogen) atoms. The number of hydrogen-bond donors (Lipinski definition) is 1. The molecule has 2 atom stereocenters. The summed E-state index contributed by atoms with van der Waals surface area (Å²) in [4.78, 5) is 24.7. The fourth-order valence-corrected chi connectivity index (χ4v) is 4.92. The Morgan fingerprint density at radius 2 is 1.70 bits per heavy atom. The number of aliphatic imine (C=N–C) groups is 1. The first-order valence-electron chi connectivity index (χ1n) is 19.5. The molecule has 0 saturated heterocycles. The van der Waals surface area contributed by atoms with Crippen LogP contribution in [0.15, 0.2) is 76.4 Å². The summed E-state index contributed by atoms with van der Waals surface area (Å²) < 4.78 is 0. The van der Waals surface area contributed by atoms with E-state index in [0.717, 1.165) is 47.5 Å². The van der Waals surface area contributed by atoms with E-state index < -0.39 is 5.97 Å². The normalized spacial score (nSPS) is 13.1. The minimum atomic E-state index is -0.898. The molecule has 0 radical (unpaired) electrons. The topological polar surface area (TPSA) is 99.2 Å². The molecule has 1 N–H and O–H groups in total. The Bertz CT molecular complexity index is 1470. The average Bonchev–Trinajstić information content (AvgIpc) is 3.68. The summed E-state index contributed by atoms with van der Waals surface area (Å²) in [7, 11) is 0. The molecule has 2 aromatic heterocycles. The van der Waals surface area contributed by atoms with Crippen molar-refractivity contribution in [3.63, 3.8) is 0 Å². The fraction of sp³-hybridized carbons (Fsp3) is 0.522. The van der Waals surface area contributed by atoms with E-state index in [1.807, 2.05) is 63.7 Å². The SMILES string of the molecule is CCC(C)CC(C)=Nc1ccc(C(=O)O)cc1C.CCCC.CCCCC.CCCCc1cncs1.Cc1ccc[c-]n1.[CH2-]C1=C(C)CC(C#N)C=C1.[U+2]. The van der Waals surface area contributed by atoms with Gasteiger partial charge in [0.15, 0.2) is 0 Å². The Labute approximate surface area is 358 Å². The number of aryl methyl sites for hydroxylation is 3. The van der Waals surface area contributed by atoms with Crippen molar-refractivity contribution in [2.75, 3.05) is 0 Å². The van der Waals surface area contributed by atoms with Gasteiger partial charge in [0.05, 0.1) is 22.8 Å². The quantitative estimate of drug-likeness (QED) is 0.152. The van der Waals surface area contributed by atoms with E-state index in [2.05, 4.69) is 82.6 Å². The van der Waals surface area contributed by atoms with Gasteiger partial charge in [0.1, 0.15) is 0 Å². The summed E-state index contributed by atoms with van der Waals surface area (Å²) in [6.45, 7) is 27.1. The molecule has 3 aromatic rings. The number of rotatable bonds is 11. The first kappa shape index (κ1) is 55.4. The fourth-order valence-electron chi connectivity index (χ4n) is 4.28. The van der Waals surface area contributed by atoms with Crippen molar-refractivity contribution >= 4 is 28.7 Å². The van der Waals surface area contributed by atoms with Crippen LogP contribution in [0.5, 0.6) is 0 Å². The number of aromatic carboxylic acids is 1. The molecule has 6 nitrogen and oxygen atoms in total. The second-order valence-corrected chi connectivity index (χ2v) is 14.3. The smallest absolute Gasteiger partial charge is 0.478 e. The second kappa shape index (κ2) is 37.0. The number of carboxylic acid groups (broad SMARTS) is 1. The van der Waals surface area contributed by atoms with Crippen LogP contribution in [-0.4, -0.2) is 26.8 Å². The van der Waals surface area contributed by atoms with Gasteiger partial charge in [-0.3, -0.25) is 9.98 Å². The van der Waals surface area contributed by atoms with E-state index in [4.69, 9.17) is 10.4 Å². The van der Waals surface area contributed by atoms with Crippen molar-refractivity contribution in [3.05, 3.63) is 106 Å². The summed E-state index contributed by atoms with van der Waals surface area (Å²) >= 11 is 1.75. The van der Waals surface area contributed by atoms with Crippen molar-refractivity contribution in [2.45, 2.75) is 147 Å². The van der Waals surface area contributed by atoms with E-state index in [9.17, 15) is 4.79 Å². The number of unbranched alkanes of at least 4 members (excludes halogenated alkanes) is 4. The number of allylic oxidation sites excluding steroid dienone is 4. The number of pyridine rings is 1. The Morgan fingerprint density at radius 1 is 1.06 bits per heavy atom. The minimum Gasteiger partial charge on any atom is -0.478 e. The number of carbonyl (C=O) groups is 1. The van der Waals surface area contributed by atoms with Gasteiger partial charge in [-0.25, -0.2) is 4.79 Å². The van der Waals surface area contributed by atoms with Gasteiger partial charge in [-0.1, -0.05) is 126 Å². The van der Waals surface area contributed by atoms with Crippen LogP contribution in [0, 0.1) is 81.2 Å². The third-order valence-corrected chi connectivity index (χ3v) is 8.92. The van der Waals surface area contributed by atoms with Gasteiger partial charge in [-0.05, 0) is 62.8 Å². The third-order valence-electron chi connectivity index (χ3n) is 8.08. The predicted octanol–water partition coefficient (Wildman–Crippen LogP) is 14.1. The summed E-state index contributed by atoms with van der Waals surface area (Å²) in [5.74, 6) is -0.192. The van der Waals surface area contributed by atoms with Gasteiger partial charge in [-0.2, -0.15) is 47.6 Å². The maximum atomic E-state index is 10.8. The molecule has 0 saturated carbocycles. The number of thiazole rings is 1. The van der Waals surface area contributed by atoms with Crippen LogP contribution in [0.4, 0.5) is 5.69 Å². The number of nitrogens with zero attached hydrogens (tertiary/aromatic N) is 4. The third kappa shape index (κ3) is 30.4. The largest absolute Gasteiger partial charge is 2.00 e. The Kier molecular flexibility index (Phi) is 37.9. The summed E-state index contributed by atoms with van der Waals surface area (Å²) in [5, 5.41) is 17.4. The van der Waals surface area contributed by atoms with Crippen molar-refractivity contribution in [3.8, 4) is 6.07 Å². The molecule has 1 aromatic carbocycles. The molecule has 0 aliphatic heterocycles. The molecule has 8 heteroatoms. The average molecular weight is 981 g/mol. The van der Waals surface area contributed by atoms with Gasteiger partial charge < -0.3 is 10.1 Å². The van der Waals surface area contributed by atoms with E-state index in [-0.39, 0.29) is 37.0 Å². The first-order chi connectivity index (χ1) is 25.3. The number of benzene rings is 1. The standard InChI is InChI=1S/C15H21NO2.C9H10N.C7H11NS.C6H6N.C5H12.C4H10.U/c1-5-10(2)8-12(4)16-14-7-6-13(15(17)18)9-11(14)3;1-7-3-4-9(6-10)5-8(7)2;1-2-3-4-7-5-8-6-9-7;1-6-4-2-3-5-7-6;1-3-5-4-2;1-3-4-2;/h6-7,9-10H,5,8H2,1-4H3,(H,17,18);3-4,9H,1,5H2,2H3;5-6H,2-4H2,1H3;2-4H,1H3;3-5H2,1-2H3;3-4H2,1-2H3;/q;-1;;-1;;;+2. The van der Waals surface area contributed by atoms with Crippen LogP contribution in [0.2, 0.25) is 0 Å². The molecule has 296 valence electrons. The monoisotopic (exact) mass is 981 g/mol. The zero-order valence-electron chi connectivity index (χ0n) is 35.5. The predicted molar refractivity (Wildman–Crippen MR) is 230 cm³/mol. The van der Waals surface area contributed by atoms with Crippen molar-refractivity contribution < 1.29 is 41.0 Å². The number of nitriles is 1. The Balaban J connectivity index is -0.000000621.